The topological polar surface area (TPSA) is 55.4 Å². The van der Waals surface area contributed by atoms with Gasteiger partial charge in [0.15, 0.2) is 0 Å². The van der Waals surface area contributed by atoms with E-state index in [2.05, 4.69) is 4.72 Å². The molecule has 2 aromatic rings. The van der Waals surface area contributed by atoms with Crippen LogP contribution in [0.2, 0.25) is 5.02 Å². The molecule has 0 heterocycles. The molecule has 0 saturated carbocycles. The van der Waals surface area contributed by atoms with E-state index in [9.17, 15) is 21.6 Å². The molecule has 0 radical (unpaired) electrons. The van der Waals surface area contributed by atoms with Crippen molar-refractivity contribution in [1.82, 2.24) is 4.72 Å². The van der Waals surface area contributed by atoms with Gasteiger partial charge in [0.25, 0.3) is 0 Å². The Morgan fingerprint density at radius 1 is 1.17 bits per heavy atom. The molecule has 0 saturated heterocycles. The van der Waals surface area contributed by atoms with E-state index in [1.165, 1.54) is 37.4 Å². The summed E-state index contributed by atoms with van der Waals surface area (Å²) in [5.74, 6) is 0.313. The molecule has 0 aromatic heterocycles. The number of halogens is 4. The fourth-order valence-corrected chi connectivity index (χ4v) is 3.30. The van der Waals surface area contributed by atoms with Crippen molar-refractivity contribution in [1.29, 1.82) is 0 Å². The van der Waals surface area contributed by atoms with Gasteiger partial charge in [0.2, 0.25) is 10.0 Å². The molecule has 130 valence electrons. The molecule has 0 bridgehead atoms. The fraction of sp³-hybridized carbons (Fsp3) is 0.200. The van der Waals surface area contributed by atoms with Crippen LogP contribution in [-0.4, -0.2) is 15.5 Å². The van der Waals surface area contributed by atoms with E-state index in [1.54, 1.807) is 0 Å². The highest BCUT2D eigenvalue weighted by atomic mass is 35.5. The summed E-state index contributed by atoms with van der Waals surface area (Å²) in [4.78, 5) is -0.111. The van der Waals surface area contributed by atoms with Crippen molar-refractivity contribution >= 4 is 21.6 Å². The van der Waals surface area contributed by atoms with Gasteiger partial charge < -0.3 is 4.74 Å². The van der Waals surface area contributed by atoms with Gasteiger partial charge in [-0.25, -0.2) is 13.1 Å². The molecule has 0 spiro atoms. The fourth-order valence-electron chi connectivity index (χ4n) is 1.93. The largest absolute Gasteiger partial charge is 0.495 e. The average molecular weight is 380 g/mol. The van der Waals surface area contributed by atoms with Gasteiger partial charge in [-0.2, -0.15) is 13.2 Å². The van der Waals surface area contributed by atoms with Crippen molar-refractivity contribution in [2.24, 2.45) is 0 Å². The third-order valence-electron chi connectivity index (χ3n) is 3.15. The summed E-state index contributed by atoms with van der Waals surface area (Å²) in [7, 11) is -2.54. The second-order valence-corrected chi connectivity index (χ2v) is 6.99. The number of hydrogen-bond acceptors (Lipinski definition) is 3. The minimum absolute atomic E-state index is 0.111. The number of rotatable bonds is 5. The van der Waals surface area contributed by atoms with Crippen LogP contribution in [0.4, 0.5) is 13.2 Å². The van der Waals surface area contributed by atoms with Crippen molar-refractivity contribution in [2.75, 3.05) is 7.11 Å². The number of benzene rings is 2. The standard InChI is InChI=1S/C15H13ClF3NO3S/c1-23-14-6-5-12(8-13(14)16)24(21,22)20-9-10-3-2-4-11(7-10)15(17,18)19/h2-8,20H,9H2,1H3. The number of ether oxygens (including phenoxy) is 1. The highest BCUT2D eigenvalue weighted by Crippen LogP contribution is 2.30. The Morgan fingerprint density at radius 2 is 1.88 bits per heavy atom. The number of sulfonamides is 1. The van der Waals surface area contributed by atoms with Gasteiger partial charge in [0.05, 0.1) is 22.6 Å². The zero-order valence-electron chi connectivity index (χ0n) is 12.4. The lowest BCUT2D eigenvalue weighted by molar-refractivity contribution is -0.137. The third kappa shape index (κ3) is 4.40. The van der Waals surface area contributed by atoms with Crippen molar-refractivity contribution in [2.45, 2.75) is 17.6 Å². The zero-order valence-corrected chi connectivity index (χ0v) is 14.0. The average Bonchev–Trinajstić information content (AvgIpc) is 2.52. The Balaban J connectivity index is 2.17. The first kappa shape index (κ1) is 18.6. The highest BCUT2D eigenvalue weighted by molar-refractivity contribution is 7.89. The molecule has 0 aliphatic heterocycles. The van der Waals surface area contributed by atoms with Gasteiger partial charge in [0.1, 0.15) is 5.75 Å². The third-order valence-corrected chi connectivity index (χ3v) is 4.85. The molecule has 0 aliphatic carbocycles. The van der Waals surface area contributed by atoms with Gasteiger partial charge in [-0.1, -0.05) is 29.8 Å². The van der Waals surface area contributed by atoms with Crippen molar-refractivity contribution in [3.05, 3.63) is 58.6 Å². The highest BCUT2D eigenvalue weighted by Gasteiger charge is 2.30. The lowest BCUT2D eigenvalue weighted by atomic mass is 10.1. The van der Waals surface area contributed by atoms with Crippen LogP contribution in [-0.2, 0) is 22.7 Å². The number of hydrogen-bond donors (Lipinski definition) is 1. The van der Waals surface area contributed by atoms with E-state index in [1.807, 2.05) is 0 Å². The Hall–Kier alpha value is -1.77. The predicted octanol–water partition coefficient (Wildman–Crippen LogP) is 3.85. The van der Waals surface area contributed by atoms with Crippen LogP contribution in [0.1, 0.15) is 11.1 Å². The molecule has 1 N–H and O–H groups in total. The molecular formula is C15H13ClF3NO3S. The molecule has 9 heteroatoms. The first-order valence-corrected chi connectivity index (χ1v) is 8.49. The molecular weight excluding hydrogens is 367 g/mol. The Bertz CT molecular complexity index is 838. The van der Waals surface area contributed by atoms with E-state index in [0.29, 0.717) is 5.75 Å². The summed E-state index contributed by atoms with van der Waals surface area (Å²) >= 11 is 5.88. The molecule has 0 fully saturated rings. The van der Waals surface area contributed by atoms with E-state index in [-0.39, 0.29) is 22.0 Å². The van der Waals surface area contributed by atoms with Crippen LogP contribution in [0.3, 0.4) is 0 Å². The summed E-state index contributed by atoms with van der Waals surface area (Å²) in [6.07, 6.45) is -4.49. The van der Waals surface area contributed by atoms with Gasteiger partial charge in [0, 0.05) is 6.54 Å². The molecule has 0 atom stereocenters. The molecule has 2 rings (SSSR count). The molecule has 0 amide bonds. The molecule has 4 nitrogen and oxygen atoms in total. The van der Waals surface area contributed by atoms with Crippen LogP contribution in [0.15, 0.2) is 47.4 Å². The summed E-state index contributed by atoms with van der Waals surface area (Å²) in [6, 6.07) is 8.31. The lowest BCUT2D eigenvalue weighted by Gasteiger charge is -2.11. The SMILES string of the molecule is COc1ccc(S(=O)(=O)NCc2cccc(C(F)(F)F)c2)cc1Cl. The molecule has 24 heavy (non-hydrogen) atoms. The first-order valence-electron chi connectivity index (χ1n) is 6.63. The van der Waals surface area contributed by atoms with E-state index >= 15 is 0 Å². The van der Waals surface area contributed by atoms with Crippen molar-refractivity contribution in [3.63, 3.8) is 0 Å². The van der Waals surface area contributed by atoms with E-state index in [0.717, 1.165) is 12.1 Å². The Kier molecular flexibility index (Phi) is 5.42. The van der Waals surface area contributed by atoms with Crippen LogP contribution in [0.5, 0.6) is 5.75 Å². The summed E-state index contributed by atoms with van der Waals surface area (Å²) < 4.78 is 69.6. The summed E-state index contributed by atoms with van der Waals surface area (Å²) in [6.45, 7) is -0.282. The molecule has 2 aromatic carbocycles. The first-order chi connectivity index (χ1) is 11.1. The van der Waals surface area contributed by atoms with E-state index in [4.69, 9.17) is 16.3 Å². The van der Waals surface area contributed by atoms with Crippen LogP contribution in [0, 0.1) is 0 Å². The minimum atomic E-state index is -4.49. The van der Waals surface area contributed by atoms with Crippen LogP contribution in [0.25, 0.3) is 0 Å². The minimum Gasteiger partial charge on any atom is -0.495 e. The summed E-state index contributed by atoms with van der Waals surface area (Å²) in [5.41, 5.74) is -0.653. The Labute approximate surface area is 142 Å². The predicted molar refractivity (Wildman–Crippen MR) is 83.5 cm³/mol. The van der Waals surface area contributed by atoms with Crippen LogP contribution >= 0.6 is 11.6 Å². The zero-order chi connectivity index (χ0) is 18.0. The normalized spacial score (nSPS) is 12.2. The maximum Gasteiger partial charge on any atom is 0.416 e. The quantitative estimate of drug-likeness (QED) is 0.858. The monoisotopic (exact) mass is 379 g/mol. The van der Waals surface area contributed by atoms with Gasteiger partial charge in [-0.15, -0.1) is 0 Å². The lowest BCUT2D eigenvalue weighted by Crippen LogP contribution is -2.23. The molecule has 0 aliphatic rings. The molecule has 0 unspecified atom stereocenters. The maximum atomic E-state index is 12.7. The van der Waals surface area contributed by atoms with Gasteiger partial charge >= 0.3 is 6.18 Å². The van der Waals surface area contributed by atoms with Crippen LogP contribution < -0.4 is 9.46 Å². The number of alkyl halides is 3. The van der Waals surface area contributed by atoms with Gasteiger partial charge in [-0.3, -0.25) is 0 Å². The smallest absolute Gasteiger partial charge is 0.416 e. The Morgan fingerprint density at radius 3 is 2.46 bits per heavy atom. The maximum absolute atomic E-state index is 12.7. The van der Waals surface area contributed by atoms with Crippen molar-refractivity contribution in [3.8, 4) is 5.75 Å². The second-order valence-electron chi connectivity index (χ2n) is 4.82. The number of methoxy groups -OCH3 is 1. The number of nitrogens with one attached hydrogen (secondary N) is 1. The van der Waals surface area contributed by atoms with Gasteiger partial charge in [-0.05, 0) is 29.8 Å². The van der Waals surface area contributed by atoms with E-state index < -0.39 is 21.8 Å². The summed E-state index contributed by atoms with van der Waals surface area (Å²) in [5, 5.41) is 0.111. The van der Waals surface area contributed by atoms with Crippen molar-refractivity contribution < 1.29 is 26.3 Å². The second kappa shape index (κ2) is 7.00.